The number of nitrogens with zero attached hydrogens (tertiary/aromatic N) is 1. The van der Waals surface area contributed by atoms with Gasteiger partial charge in [0.2, 0.25) is 5.91 Å². The molecular formula is C15H23F3N2O. The van der Waals surface area contributed by atoms with Crippen molar-refractivity contribution in [1.82, 2.24) is 10.2 Å². The monoisotopic (exact) mass is 304 g/mol. The maximum atomic E-state index is 12.8. The number of halogens is 3. The minimum atomic E-state index is -4.32. The molecule has 3 nitrogen and oxygen atoms in total. The van der Waals surface area contributed by atoms with Gasteiger partial charge < -0.3 is 5.32 Å². The van der Waals surface area contributed by atoms with E-state index in [0.29, 0.717) is 5.41 Å². The number of hydrogen-bond acceptors (Lipinski definition) is 2. The van der Waals surface area contributed by atoms with Gasteiger partial charge >= 0.3 is 6.18 Å². The second-order valence-corrected chi connectivity index (χ2v) is 7.46. The van der Waals surface area contributed by atoms with E-state index < -0.39 is 17.6 Å². The molecule has 0 bridgehead atoms. The van der Waals surface area contributed by atoms with Crippen LogP contribution in [0.25, 0.3) is 0 Å². The molecule has 2 aliphatic carbocycles. The van der Waals surface area contributed by atoms with Crippen molar-refractivity contribution in [3.8, 4) is 0 Å². The second-order valence-electron chi connectivity index (χ2n) is 7.46. The highest BCUT2D eigenvalue weighted by molar-refractivity contribution is 5.79. The van der Waals surface area contributed by atoms with Gasteiger partial charge in [-0.15, -0.1) is 0 Å². The summed E-state index contributed by atoms with van der Waals surface area (Å²) in [5.41, 5.74) is -1.58. The van der Waals surface area contributed by atoms with Gasteiger partial charge in [-0.05, 0) is 37.0 Å². The van der Waals surface area contributed by atoms with Gasteiger partial charge in [0, 0.05) is 13.1 Å². The van der Waals surface area contributed by atoms with E-state index in [1.54, 1.807) is 0 Å². The molecule has 0 aromatic rings. The summed E-state index contributed by atoms with van der Waals surface area (Å²) in [7, 11) is 0. The average molecular weight is 304 g/mol. The van der Waals surface area contributed by atoms with E-state index in [-0.39, 0.29) is 19.4 Å². The molecule has 0 radical (unpaired) electrons. The van der Waals surface area contributed by atoms with Crippen LogP contribution in [0.4, 0.5) is 13.2 Å². The molecular weight excluding hydrogens is 281 g/mol. The Bertz CT molecular complexity index is 415. The number of amides is 1. The van der Waals surface area contributed by atoms with Gasteiger partial charge in [-0.3, -0.25) is 9.69 Å². The van der Waals surface area contributed by atoms with Crippen molar-refractivity contribution in [2.75, 3.05) is 19.6 Å². The van der Waals surface area contributed by atoms with Crippen molar-refractivity contribution < 1.29 is 18.0 Å². The Morgan fingerprint density at radius 2 is 1.76 bits per heavy atom. The third kappa shape index (κ3) is 2.91. The third-order valence-corrected chi connectivity index (χ3v) is 5.49. The first kappa shape index (κ1) is 15.1. The molecule has 1 heterocycles. The minimum Gasteiger partial charge on any atom is -0.341 e. The Labute approximate surface area is 123 Å². The number of likely N-dealkylation sites (tertiary alicyclic amines) is 1. The summed E-state index contributed by atoms with van der Waals surface area (Å²) < 4.78 is 38.4. The van der Waals surface area contributed by atoms with Crippen molar-refractivity contribution >= 4 is 5.91 Å². The van der Waals surface area contributed by atoms with Gasteiger partial charge in [-0.1, -0.05) is 19.8 Å². The van der Waals surface area contributed by atoms with Gasteiger partial charge in [0.05, 0.1) is 6.54 Å². The van der Waals surface area contributed by atoms with E-state index in [9.17, 15) is 18.0 Å². The summed E-state index contributed by atoms with van der Waals surface area (Å²) in [4.78, 5) is 13.8. The summed E-state index contributed by atoms with van der Waals surface area (Å²) in [6, 6.07) is 0. The Hall–Kier alpha value is -0.780. The van der Waals surface area contributed by atoms with Crippen molar-refractivity contribution in [2.45, 2.75) is 57.2 Å². The predicted molar refractivity (Wildman–Crippen MR) is 72.7 cm³/mol. The fourth-order valence-electron chi connectivity index (χ4n) is 3.82. The topological polar surface area (TPSA) is 32.3 Å². The lowest BCUT2D eigenvalue weighted by atomic mass is 9.66. The zero-order valence-corrected chi connectivity index (χ0v) is 12.4. The van der Waals surface area contributed by atoms with Crippen LogP contribution < -0.4 is 5.32 Å². The number of carbonyl (C=O) groups is 1. The van der Waals surface area contributed by atoms with Crippen LogP contribution in [0.15, 0.2) is 0 Å². The van der Waals surface area contributed by atoms with Crippen LogP contribution in [0, 0.1) is 11.3 Å². The van der Waals surface area contributed by atoms with Crippen LogP contribution >= 0.6 is 0 Å². The van der Waals surface area contributed by atoms with Crippen LogP contribution in [0.2, 0.25) is 0 Å². The molecule has 1 aliphatic heterocycles. The zero-order valence-electron chi connectivity index (χ0n) is 12.4. The molecule has 0 atom stereocenters. The number of nitrogens with one attached hydrogen (secondary N) is 1. The van der Waals surface area contributed by atoms with Gasteiger partial charge in [-0.25, -0.2) is 0 Å². The van der Waals surface area contributed by atoms with E-state index in [2.05, 4.69) is 12.2 Å². The fraction of sp³-hybridized carbons (Fsp3) is 0.933. The number of alkyl halides is 3. The molecule has 3 rings (SSSR count). The number of hydrogen-bond donors (Lipinski definition) is 1. The Morgan fingerprint density at radius 1 is 1.19 bits per heavy atom. The Balaban J connectivity index is 1.44. The first-order valence-corrected chi connectivity index (χ1v) is 7.84. The molecule has 0 aromatic heterocycles. The maximum Gasteiger partial charge on any atom is 0.411 e. The van der Waals surface area contributed by atoms with E-state index in [4.69, 9.17) is 0 Å². The fourth-order valence-corrected chi connectivity index (χ4v) is 3.82. The largest absolute Gasteiger partial charge is 0.411 e. The van der Waals surface area contributed by atoms with Crippen molar-refractivity contribution in [2.24, 2.45) is 11.3 Å². The molecule has 120 valence electrons. The van der Waals surface area contributed by atoms with E-state index in [1.165, 1.54) is 25.7 Å². The van der Waals surface area contributed by atoms with Gasteiger partial charge in [0.15, 0.2) is 0 Å². The highest BCUT2D eigenvalue weighted by Crippen LogP contribution is 2.49. The highest BCUT2D eigenvalue weighted by atomic mass is 19.4. The molecule has 2 saturated carbocycles. The molecule has 21 heavy (non-hydrogen) atoms. The van der Waals surface area contributed by atoms with Crippen molar-refractivity contribution in [3.63, 3.8) is 0 Å². The number of carbonyl (C=O) groups excluding carboxylic acids is 1. The first-order chi connectivity index (χ1) is 9.74. The summed E-state index contributed by atoms with van der Waals surface area (Å²) in [6.07, 6.45) is 0.568. The lowest BCUT2D eigenvalue weighted by molar-refractivity contribution is -0.171. The zero-order chi connectivity index (χ0) is 15.3. The molecule has 3 fully saturated rings. The molecule has 3 aliphatic rings. The van der Waals surface area contributed by atoms with Crippen LogP contribution in [0.5, 0.6) is 0 Å². The maximum absolute atomic E-state index is 12.8. The SMILES string of the molecule is CC1CCC2(CC1)CN(CC(=O)NC1(C(F)(F)F)CC1)C2. The van der Waals surface area contributed by atoms with Crippen LogP contribution in [-0.4, -0.2) is 42.2 Å². The Morgan fingerprint density at radius 3 is 2.24 bits per heavy atom. The Kier molecular flexibility index (Phi) is 3.50. The average Bonchev–Trinajstić information content (AvgIpc) is 3.10. The van der Waals surface area contributed by atoms with Gasteiger partial charge in [0.25, 0.3) is 0 Å². The van der Waals surface area contributed by atoms with Crippen LogP contribution in [0.1, 0.15) is 45.4 Å². The predicted octanol–water partition coefficient (Wildman–Crippen LogP) is 2.71. The van der Waals surface area contributed by atoms with Crippen LogP contribution in [0.3, 0.4) is 0 Å². The second kappa shape index (κ2) is 4.86. The summed E-state index contributed by atoms with van der Waals surface area (Å²) in [6.45, 7) is 4.11. The molecule has 1 spiro atoms. The molecule has 1 amide bonds. The first-order valence-electron chi connectivity index (χ1n) is 7.84. The third-order valence-electron chi connectivity index (χ3n) is 5.49. The van der Waals surface area contributed by atoms with Crippen molar-refractivity contribution in [3.05, 3.63) is 0 Å². The van der Waals surface area contributed by atoms with E-state index in [0.717, 1.165) is 19.0 Å². The number of rotatable bonds is 3. The molecule has 1 saturated heterocycles. The van der Waals surface area contributed by atoms with E-state index in [1.807, 2.05) is 4.90 Å². The summed E-state index contributed by atoms with van der Waals surface area (Å²) >= 11 is 0. The van der Waals surface area contributed by atoms with Crippen molar-refractivity contribution in [1.29, 1.82) is 0 Å². The van der Waals surface area contributed by atoms with E-state index >= 15 is 0 Å². The lowest BCUT2D eigenvalue weighted by Crippen LogP contribution is -2.60. The quantitative estimate of drug-likeness (QED) is 0.869. The summed E-state index contributed by atoms with van der Waals surface area (Å²) in [5.74, 6) is 0.304. The molecule has 0 aromatic carbocycles. The van der Waals surface area contributed by atoms with Crippen LogP contribution in [-0.2, 0) is 4.79 Å². The van der Waals surface area contributed by atoms with Gasteiger partial charge in [0.1, 0.15) is 5.54 Å². The summed E-state index contributed by atoms with van der Waals surface area (Å²) in [5, 5.41) is 2.20. The minimum absolute atomic E-state index is 0.0179. The van der Waals surface area contributed by atoms with Gasteiger partial charge in [-0.2, -0.15) is 13.2 Å². The normalized spacial score (nSPS) is 28.2. The lowest BCUT2D eigenvalue weighted by Gasteiger charge is -2.53. The standard InChI is InChI=1S/C15H23F3N2O/c1-11-2-4-13(5-3-11)9-20(10-13)8-12(21)19-14(6-7-14)15(16,17)18/h11H,2-10H2,1H3,(H,19,21). The molecule has 1 N–H and O–H groups in total. The highest BCUT2D eigenvalue weighted by Gasteiger charge is 2.64. The molecule has 6 heteroatoms. The smallest absolute Gasteiger partial charge is 0.341 e. The molecule has 0 unspecified atom stereocenters.